The van der Waals surface area contributed by atoms with Crippen LogP contribution in [0.5, 0.6) is 0 Å². The molecule has 1 saturated carbocycles. The minimum absolute atomic E-state index is 0.0533. The van der Waals surface area contributed by atoms with Gasteiger partial charge in [0.15, 0.2) is 0 Å². The number of nitrogens with one attached hydrogen (secondary N) is 1. The van der Waals surface area contributed by atoms with Gasteiger partial charge in [-0.15, -0.1) is 0 Å². The topological polar surface area (TPSA) is 110 Å². The van der Waals surface area contributed by atoms with Crippen LogP contribution in [-0.2, 0) is 14.8 Å². The number of hydrogen-bond donors (Lipinski definition) is 1. The van der Waals surface area contributed by atoms with Crippen molar-refractivity contribution < 1.29 is 18.1 Å². The largest absolute Gasteiger partial charge is 0.352 e. The van der Waals surface area contributed by atoms with Crippen molar-refractivity contribution in [1.29, 1.82) is 0 Å². The first-order valence-corrected chi connectivity index (χ1v) is 10.6. The van der Waals surface area contributed by atoms with Gasteiger partial charge < -0.3 is 5.32 Å². The van der Waals surface area contributed by atoms with Crippen LogP contribution in [0.2, 0.25) is 0 Å². The highest BCUT2D eigenvalue weighted by Crippen LogP contribution is 2.27. The molecule has 0 atom stereocenters. The third-order valence-electron chi connectivity index (χ3n) is 4.58. The van der Waals surface area contributed by atoms with Gasteiger partial charge in [-0.3, -0.25) is 19.2 Å². The number of anilines is 1. The van der Waals surface area contributed by atoms with Gasteiger partial charge in [0.1, 0.15) is 6.54 Å². The molecule has 0 aliphatic heterocycles. The first-order chi connectivity index (χ1) is 12.2. The highest BCUT2D eigenvalue weighted by molar-refractivity contribution is 7.92. The van der Waals surface area contributed by atoms with Gasteiger partial charge in [0.2, 0.25) is 15.9 Å². The quantitative estimate of drug-likeness (QED) is 0.461. The Morgan fingerprint density at radius 3 is 2.42 bits per heavy atom. The van der Waals surface area contributed by atoms with Crippen LogP contribution in [0.4, 0.5) is 11.4 Å². The number of carbonyl (C=O) groups excluding carboxylic acids is 1. The second kappa shape index (κ2) is 8.48. The number of sulfonamides is 1. The summed E-state index contributed by atoms with van der Waals surface area (Å²) in [7, 11) is -3.78. The molecule has 0 saturated heterocycles. The molecule has 8 nitrogen and oxygen atoms in total. The Labute approximate surface area is 153 Å². The summed E-state index contributed by atoms with van der Waals surface area (Å²) in [5.41, 5.74) is 0.476. The Bertz CT molecular complexity index is 771. The van der Waals surface area contributed by atoms with Crippen LogP contribution >= 0.6 is 0 Å². The van der Waals surface area contributed by atoms with Gasteiger partial charge in [0, 0.05) is 18.2 Å². The van der Waals surface area contributed by atoms with Crippen LogP contribution in [-0.4, -0.2) is 38.1 Å². The molecule has 0 bridgehead atoms. The van der Waals surface area contributed by atoms with Gasteiger partial charge in [0.25, 0.3) is 5.69 Å². The molecule has 0 unspecified atom stereocenters. The number of carbonyl (C=O) groups is 1. The molecule has 1 aliphatic carbocycles. The number of rotatable bonds is 6. The van der Waals surface area contributed by atoms with Crippen molar-refractivity contribution in [1.82, 2.24) is 5.32 Å². The van der Waals surface area contributed by atoms with Crippen molar-refractivity contribution >= 4 is 27.3 Å². The Hall–Kier alpha value is -2.16. The van der Waals surface area contributed by atoms with Crippen molar-refractivity contribution in [2.75, 3.05) is 17.1 Å². The molecule has 1 fully saturated rings. The summed E-state index contributed by atoms with van der Waals surface area (Å²) in [5, 5.41) is 13.9. The fourth-order valence-corrected chi connectivity index (χ4v) is 4.09. The lowest BCUT2D eigenvalue weighted by Gasteiger charge is -2.25. The third-order valence-corrected chi connectivity index (χ3v) is 5.71. The Kier molecular flexibility index (Phi) is 6.57. The van der Waals surface area contributed by atoms with E-state index in [1.54, 1.807) is 6.92 Å². The summed E-state index contributed by atoms with van der Waals surface area (Å²) in [5.74, 6) is -0.395. The number of nitro groups is 1. The Balaban J connectivity index is 2.22. The van der Waals surface area contributed by atoms with Gasteiger partial charge in [-0.25, -0.2) is 8.42 Å². The van der Waals surface area contributed by atoms with Crippen LogP contribution < -0.4 is 9.62 Å². The maximum absolute atomic E-state index is 12.4. The fraction of sp³-hybridized carbons (Fsp3) is 0.588. The SMILES string of the molecule is Cc1ccc([N+](=O)[O-])cc1N(CC(=O)NC1CCCCCC1)S(C)(=O)=O. The monoisotopic (exact) mass is 383 g/mol. The lowest BCUT2D eigenvalue weighted by atomic mass is 10.1. The standard InChI is InChI=1S/C17H25N3O5S/c1-13-9-10-15(20(22)23)11-16(13)19(26(2,24)25)12-17(21)18-14-7-5-3-4-6-8-14/h9-11,14H,3-8,12H2,1-2H3,(H,18,21). The summed E-state index contributed by atoms with van der Waals surface area (Å²) < 4.78 is 25.4. The molecule has 0 aromatic heterocycles. The average molecular weight is 383 g/mol. The van der Waals surface area contributed by atoms with E-state index in [4.69, 9.17) is 0 Å². The molecular formula is C17H25N3O5S. The lowest BCUT2D eigenvalue weighted by molar-refractivity contribution is -0.384. The van der Waals surface area contributed by atoms with E-state index in [-0.39, 0.29) is 17.4 Å². The number of amides is 1. The summed E-state index contributed by atoms with van der Waals surface area (Å²) in [4.78, 5) is 22.9. The molecule has 2 rings (SSSR count). The second-order valence-corrected chi connectivity index (χ2v) is 8.66. The minimum Gasteiger partial charge on any atom is -0.352 e. The van der Waals surface area contributed by atoms with Crippen molar-refractivity contribution in [2.24, 2.45) is 0 Å². The predicted octanol–water partition coefficient (Wildman–Crippen LogP) is 2.51. The van der Waals surface area contributed by atoms with E-state index in [2.05, 4.69) is 5.32 Å². The van der Waals surface area contributed by atoms with Crippen molar-refractivity contribution in [2.45, 2.75) is 51.5 Å². The number of benzene rings is 1. The molecule has 1 aromatic rings. The van der Waals surface area contributed by atoms with E-state index in [0.29, 0.717) is 5.56 Å². The van der Waals surface area contributed by atoms with Crippen molar-refractivity contribution in [3.05, 3.63) is 33.9 Å². The Morgan fingerprint density at radius 2 is 1.88 bits per heavy atom. The smallest absolute Gasteiger partial charge is 0.271 e. The molecule has 0 heterocycles. The van der Waals surface area contributed by atoms with E-state index in [1.807, 2.05) is 0 Å². The highest BCUT2D eigenvalue weighted by Gasteiger charge is 2.25. The van der Waals surface area contributed by atoms with E-state index >= 15 is 0 Å². The third kappa shape index (κ3) is 5.42. The normalized spacial score (nSPS) is 15.9. The molecule has 9 heteroatoms. The molecule has 0 spiro atoms. The first kappa shape index (κ1) is 20.2. The molecule has 0 radical (unpaired) electrons. The van der Waals surface area contributed by atoms with Crippen LogP contribution in [0.1, 0.15) is 44.1 Å². The zero-order chi connectivity index (χ0) is 19.3. The number of nitrogens with zero attached hydrogens (tertiary/aromatic N) is 2. The molecule has 26 heavy (non-hydrogen) atoms. The molecule has 1 aromatic carbocycles. The fourth-order valence-electron chi connectivity index (χ4n) is 3.19. The van der Waals surface area contributed by atoms with Crippen LogP contribution in [0.25, 0.3) is 0 Å². The zero-order valence-corrected chi connectivity index (χ0v) is 15.9. The van der Waals surface area contributed by atoms with Crippen molar-refractivity contribution in [3.8, 4) is 0 Å². The average Bonchev–Trinajstić information content (AvgIpc) is 2.81. The van der Waals surface area contributed by atoms with Crippen molar-refractivity contribution in [3.63, 3.8) is 0 Å². The minimum atomic E-state index is -3.78. The summed E-state index contributed by atoms with van der Waals surface area (Å²) in [6.45, 7) is 1.26. The maximum Gasteiger partial charge on any atom is 0.271 e. The number of nitro benzene ring substituents is 1. The van der Waals surface area contributed by atoms with Gasteiger partial charge >= 0.3 is 0 Å². The van der Waals surface area contributed by atoms with Crippen LogP contribution in [0.3, 0.4) is 0 Å². The van der Waals surface area contributed by atoms with Gasteiger partial charge in [-0.2, -0.15) is 0 Å². The summed E-state index contributed by atoms with van der Waals surface area (Å²) in [6.07, 6.45) is 7.16. The van der Waals surface area contributed by atoms with E-state index in [0.717, 1.165) is 49.1 Å². The molecule has 1 amide bonds. The summed E-state index contributed by atoms with van der Waals surface area (Å²) >= 11 is 0. The predicted molar refractivity (Wildman–Crippen MR) is 99.7 cm³/mol. The van der Waals surface area contributed by atoms with Gasteiger partial charge in [0.05, 0.1) is 16.9 Å². The molecular weight excluding hydrogens is 358 g/mol. The highest BCUT2D eigenvalue weighted by atomic mass is 32.2. The van der Waals surface area contributed by atoms with E-state index in [9.17, 15) is 23.3 Å². The number of aryl methyl sites for hydroxylation is 1. The van der Waals surface area contributed by atoms with Crippen LogP contribution in [0.15, 0.2) is 18.2 Å². The molecule has 1 aliphatic rings. The van der Waals surface area contributed by atoms with E-state index in [1.165, 1.54) is 18.2 Å². The van der Waals surface area contributed by atoms with Gasteiger partial charge in [-0.05, 0) is 25.3 Å². The summed E-state index contributed by atoms with van der Waals surface area (Å²) in [6, 6.07) is 4.03. The number of hydrogen-bond acceptors (Lipinski definition) is 5. The zero-order valence-electron chi connectivity index (χ0n) is 15.1. The van der Waals surface area contributed by atoms with Gasteiger partial charge in [-0.1, -0.05) is 31.7 Å². The first-order valence-electron chi connectivity index (χ1n) is 8.70. The second-order valence-electron chi connectivity index (χ2n) is 6.75. The van der Waals surface area contributed by atoms with Crippen LogP contribution in [0, 0.1) is 17.0 Å². The molecule has 1 N–H and O–H groups in total. The number of non-ortho nitro benzene ring substituents is 1. The molecule has 144 valence electrons. The Morgan fingerprint density at radius 1 is 1.27 bits per heavy atom. The lowest BCUT2D eigenvalue weighted by Crippen LogP contribution is -2.44. The maximum atomic E-state index is 12.4. The van der Waals surface area contributed by atoms with E-state index < -0.39 is 27.4 Å².